The number of rotatable bonds is 6. The van der Waals surface area contributed by atoms with Crippen LogP contribution in [-0.4, -0.2) is 49.9 Å². The van der Waals surface area contributed by atoms with Crippen LogP contribution in [0.2, 0.25) is 0 Å². The molecule has 1 aromatic heterocycles. The van der Waals surface area contributed by atoms with Crippen LogP contribution in [0.15, 0.2) is 77.6 Å². The van der Waals surface area contributed by atoms with Gasteiger partial charge in [-0.15, -0.1) is 11.3 Å². The molecule has 2 N–H and O–H groups in total. The van der Waals surface area contributed by atoms with Crippen LogP contribution < -0.4 is 25.0 Å². The maximum Gasteiger partial charge on any atom is 0.273 e. The average Bonchev–Trinajstić information content (AvgIpc) is 3.25. The van der Waals surface area contributed by atoms with Gasteiger partial charge in [-0.1, -0.05) is 60.7 Å². The molecule has 0 bridgehead atoms. The summed E-state index contributed by atoms with van der Waals surface area (Å²) in [5, 5.41) is 15.0. The first kappa shape index (κ1) is 24.7. The van der Waals surface area contributed by atoms with Crippen molar-refractivity contribution in [2.24, 2.45) is 0 Å². The minimum Gasteiger partial charge on any atom is -0.370 e. The zero-order chi connectivity index (χ0) is 25.6. The van der Waals surface area contributed by atoms with Crippen molar-refractivity contribution >= 4 is 39.7 Å². The molecule has 4 aromatic rings. The predicted molar refractivity (Wildman–Crippen MR) is 145 cm³/mol. The Kier molecular flexibility index (Phi) is 7.57. The van der Waals surface area contributed by atoms with Crippen LogP contribution in [0.4, 0.5) is 0 Å². The van der Waals surface area contributed by atoms with Crippen molar-refractivity contribution in [3.8, 4) is 11.8 Å². The smallest absolute Gasteiger partial charge is 0.273 e. The number of amides is 1. The highest BCUT2D eigenvalue weighted by atomic mass is 32.1. The molecular formula is C29H27N4O3S+. The van der Waals surface area contributed by atoms with E-state index in [4.69, 9.17) is 4.74 Å². The molecule has 0 aliphatic carbocycles. The van der Waals surface area contributed by atoms with Crippen molar-refractivity contribution in [1.82, 2.24) is 9.88 Å². The first-order chi connectivity index (χ1) is 18.2. The van der Waals surface area contributed by atoms with Gasteiger partial charge >= 0.3 is 0 Å². The molecule has 1 aliphatic heterocycles. The normalized spacial score (nSPS) is 15.4. The Labute approximate surface area is 218 Å². The highest BCUT2D eigenvalue weighted by Gasteiger charge is 2.18. The summed E-state index contributed by atoms with van der Waals surface area (Å²) in [4.78, 5) is 28.2. The van der Waals surface area contributed by atoms with E-state index in [0.717, 1.165) is 47.3 Å². The van der Waals surface area contributed by atoms with E-state index in [1.807, 2.05) is 66.7 Å². The number of quaternary nitrogens is 1. The van der Waals surface area contributed by atoms with Crippen molar-refractivity contribution < 1.29 is 14.4 Å². The van der Waals surface area contributed by atoms with Crippen molar-refractivity contribution in [2.75, 3.05) is 39.4 Å². The SMILES string of the molecule is N#C/C(C(=O)NCC[NH+]1CCOCC1)=c1\s/c(=C\c2cccc3ccccc23)c(=O)n1-c1ccccc1. The van der Waals surface area contributed by atoms with Gasteiger partial charge in [0.05, 0.1) is 36.5 Å². The maximum absolute atomic E-state index is 13.7. The number of para-hydroxylation sites is 1. The first-order valence-electron chi connectivity index (χ1n) is 12.3. The molecule has 1 aliphatic rings. The molecule has 2 heterocycles. The van der Waals surface area contributed by atoms with Gasteiger partial charge < -0.3 is 15.0 Å². The van der Waals surface area contributed by atoms with E-state index in [2.05, 4.69) is 11.4 Å². The zero-order valence-corrected chi connectivity index (χ0v) is 21.1. The molecule has 0 spiro atoms. The summed E-state index contributed by atoms with van der Waals surface area (Å²) in [7, 11) is 0. The summed E-state index contributed by atoms with van der Waals surface area (Å²) in [6.45, 7) is 4.42. The standard InChI is InChI=1S/C29H26N4O3S/c30-20-25(27(34)31-13-14-32-15-17-36-18-16-32)29-33(23-10-2-1-3-11-23)28(35)26(37-29)19-22-9-6-8-21-7-4-5-12-24(21)22/h1-12,19H,13-18H2,(H,31,34)/p+1/b26-19-,29-25+. The molecule has 5 rings (SSSR count). The number of ether oxygens (including phenoxy) is 1. The second-order valence-corrected chi connectivity index (χ2v) is 9.85. The lowest BCUT2D eigenvalue weighted by atomic mass is 10.0. The summed E-state index contributed by atoms with van der Waals surface area (Å²) in [5.41, 5.74) is 1.17. The molecule has 7 nitrogen and oxygen atoms in total. The van der Waals surface area contributed by atoms with E-state index in [-0.39, 0.29) is 11.1 Å². The molecule has 1 saturated heterocycles. The number of nitriles is 1. The Morgan fingerprint density at radius 3 is 2.57 bits per heavy atom. The monoisotopic (exact) mass is 511 g/mol. The lowest BCUT2D eigenvalue weighted by Crippen LogP contribution is -3.14. The van der Waals surface area contributed by atoms with Gasteiger partial charge in [0.25, 0.3) is 11.5 Å². The second kappa shape index (κ2) is 11.4. The van der Waals surface area contributed by atoms with Gasteiger partial charge in [-0.3, -0.25) is 14.2 Å². The Bertz CT molecular complexity index is 1640. The van der Waals surface area contributed by atoms with Gasteiger partial charge in [0.15, 0.2) is 5.57 Å². The first-order valence-corrected chi connectivity index (χ1v) is 13.1. The van der Waals surface area contributed by atoms with Crippen LogP contribution >= 0.6 is 11.3 Å². The third-order valence-corrected chi connectivity index (χ3v) is 7.56. The van der Waals surface area contributed by atoms with Crippen LogP contribution in [-0.2, 0) is 9.53 Å². The van der Waals surface area contributed by atoms with Gasteiger partial charge in [0.1, 0.15) is 23.8 Å². The minimum absolute atomic E-state index is 0.0690. The summed E-state index contributed by atoms with van der Waals surface area (Å²) in [5.74, 6) is -0.474. The molecule has 3 aromatic carbocycles. The fourth-order valence-electron chi connectivity index (χ4n) is 4.53. The summed E-state index contributed by atoms with van der Waals surface area (Å²) >= 11 is 1.16. The molecule has 0 atom stereocenters. The van der Waals surface area contributed by atoms with Crippen LogP contribution in [0.25, 0.3) is 28.1 Å². The number of nitrogens with one attached hydrogen (secondary N) is 2. The van der Waals surface area contributed by atoms with Crippen molar-refractivity contribution in [3.05, 3.63) is 97.9 Å². The third kappa shape index (κ3) is 5.39. The zero-order valence-electron chi connectivity index (χ0n) is 20.3. The number of nitrogens with zero attached hydrogens (tertiary/aromatic N) is 2. The number of morpholine rings is 1. The lowest BCUT2D eigenvalue weighted by Gasteiger charge is -2.23. The number of benzene rings is 3. The van der Waals surface area contributed by atoms with E-state index < -0.39 is 5.91 Å². The molecule has 1 fully saturated rings. The van der Waals surface area contributed by atoms with Crippen LogP contribution in [0.5, 0.6) is 0 Å². The fourth-order valence-corrected chi connectivity index (χ4v) is 5.62. The number of carbonyl (C=O) groups is 1. The van der Waals surface area contributed by atoms with E-state index in [0.29, 0.717) is 34.6 Å². The molecule has 1 amide bonds. The number of carbonyl (C=O) groups excluding carboxylic acids is 1. The lowest BCUT2D eigenvalue weighted by molar-refractivity contribution is -0.906. The molecule has 186 valence electrons. The quantitative estimate of drug-likeness (QED) is 0.397. The van der Waals surface area contributed by atoms with Crippen LogP contribution in [0.3, 0.4) is 0 Å². The van der Waals surface area contributed by atoms with E-state index >= 15 is 0 Å². The Balaban J connectivity index is 1.60. The summed E-state index contributed by atoms with van der Waals surface area (Å²) in [6, 6.07) is 25.1. The van der Waals surface area contributed by atoms with Crippen molar-refractivity contribution in [1.29, 1.82) is 5.26 Å². The largest absolute Gasteiger partial charge is 0.370 e. The second-order valence-electron chi connectivity index (χ2n) is 8.82. The number of aromatic nitrogens is 1. The number of fused-ring (bicyclic) bond motifs is 1. The Morgan fingerprint density at radius 2 is 1.78 bits per heavy atom. The van der Waals surface area contributed by atoms with Gasteiger partial charge in [0.2, 0.25) is 0 Å². The van der Waals surface area contributed by atoms with Gasteiger partial charge in [-0.25, -0.2) is 0 Å². The van der Waals surface area contributed by atoms with Gasteiger partial charge in [-0.2, -0.15) is 5.26 Å². The molecule has 37 heavy (non-hydrogen) atoms. The van der Waals surface area contributed by atoms with Gasteiger partial charge in [0, 0.05) is 0 Å². The van der Waals surface area contributed by atoms with E-state index in [1.54, 1.807) is 12.1 Å². The molecule has 0 radical (unpaired) electrons. The average molecular weight is 512 g/mol. The summed E-state index contributed by atoms with van der Waals surface area (Å²) in [6.07, 6.45) is 1.84. The van der Waals surface area contributed by atoms with Crippen molar-refractivity contribution in [2.45, 2.75) is 0 Å². The molecular weight excluding hydrogens is 484 g/mol. The van der Waals surface area contributed by atoms with Gasteiger partial charge in [-0.05, 0) is 34.5 Å². The maximum atomic E-state index is 13.7. The van der Waals surface area contributed by atoms with E-state index in [1.165, 1.54) is 9.47 Å². The van der Waals surface area contributed by atoms with Crippen LogP contribution in [0, 0.1) is 11.3 Å². The number of hydrogen-bond acceptors (Lipinski definition) is 5. The fraction of sp³-hybridized carbons (Fsp3) is 0.207. The van der Waals surface area contributed by atoms with E-state index in [9.17, 15) is 14.9 Å². The molecule has 0 saturated carbocycles. The molecule has 8 heteroatoms. The highest BCUT2D eigenvalue weighted by molar-refractivity contribution is 7.07. The Morgan fingerprint density at radius 1 is 1.05 bits per heavy atom. The number of thiazole rings is 1. The minimum atomic E-state index is -0.474. The van der Waals surface area contributed by atoms with Crippen LogP contribution in [0.1, 0.15) is 5.56 Å². The molecule has 0 unspecified atom stereocenters. The van der Waals surface area contributed by atoms with Crippen molar-refractivity contribution in [3.63, 3.8) is 0 Å². The summed E-state index contributed by atoms with van der Waals surface area (Å²) < 4.78 is 7.62. The topological polar surface area (TPSA) is 88.6 Å². The highest BCUT2D eigenvalue weighted by Crippen LogP contribution is 2.18. The number of hydrogen-bond donors (Lipinski definition) is 2. The third-order valence-electron chi connectivity index (χ3n) is 6.46. The predicted octanol–water partition coefficient (Wildman–Crippen LogP) is 0.587. The Hall–Kier alpha value is -4.03.